The molecule has 0 aliphatic rings. The van der Waals surface area contributed by atoms with Gasteiger partial charge in [-0.25, -0.2) is 13.8 Å². The van der Waals surface area contributed by atoms with Gasteiger partial charge < -0.3 is 10.1 Å². The maximum atomic E-state index is 12.6. The number of nitrogens with zero attached hydrogens (tertiary/aromatic N) is 1. The summed E-state index contributed by atoms with van der Waals surface area (Å²) < 4.78 is 30.2. The molecule has 3 nitrogen and oxygen atoms in total. The van der Waals surface area contributed by atoms with Crippen molar-refractivity contribution in [3.63, 3.8) is 0 Å². The first-order valence-electron chi connectivity index (χ1n) is 6.25. The van der Waals surface area contributed by atoms with Gasteiger partial charge in [-0.05, 0) is 23.3 Å². The molecular formula is C15H16F2N2O. The molecule has 5 heteroatoms. The molecule has 1 aromatic heterocycles. The third-order valence-corrected chi connectivity index (χ3v) is 2.87. The van der Waals surface area contributed by atoms with Crippen LogP contribution in [0.4, 0.5) is 8.78 Å². The minimum absolute atomic E-state index is 0.0508. The zero-order valence-electron chi connectivity index (χ0n) is 11.1. The molecule has 0 atom stereocenters. The van der Waals surface area contributed by atoms with E-state index in [0.717, 1.165) is 11.1 Å². The summed E-state index contributed by atoms with van der Waals surface area (Å²) in [6.45, 7) is 1.16. The summed E-state index contributed by atoms with van der Waals surface area (Å²) in [5.74, 6) is 0.559. The van der Waals surface area contributed by atoms with E-state index in [1.807, 2.05) is 18.2 Å². The molecule has 0 fully saturated rings. The Hall–Kier alpha value is -2.01. The van der Waals surface area contributed by atoms with E-state index in [1.54, 1.807) is 19.4 Å². The number of hydrogen-bond acceptors (Lipinski definition) is 3. The fourth-order valence-corrected chi connectivity index (χ4v) is 1.86. The lowest BCUT2D eigenvalue weighted by Gasteiger charge is -2.07. The van der Waals surface area contributed by atoms with Gasteiger partial charge in [0, 0.05) is 30.9 Å². The molecular weight excluding hydrogens is 262 g/mol. The molecule has 2 rings (SSSR count). The van der Waals surface area contributed by atoms with E-state index < -0.39 is 6.43 Å². The lowest BCUT2D eigenvalue weighted by molar-refractivity contribution is 0.151. The summed E-state index contributed by atoms with van der Waals surface area (Å²) in [5, 5.41) is 3.21. The summed E-state index contributed by atoms with van der Waals surface area (Å²) in [5.41, 5.74) is 1.92. The van der Waals surface area contributed by atoms with E-state index >= 15 is 0 Å². The van der Waals surface area contributed by atoms with Crippen molar-refractivity contribution in [1.82, 2.24) is 10.3 Å². The number of alkyl halides is 2. The Morgan fingerprint density at radius 3 is 2.60 bits per heavy atom. The zero-order valence-corrected chi connectivity index (χ0v) is 11.1. The van der Waals surface area contributed by atoms with Gasteiger partial charge in [0.1, 0.15) is 0 Å². The van der Waals surface area contributed by atoms with Crippen LogP contribution in [0.5, 0.6) is 5.88 Å². The SMILES string of the molecule is COc1cc(CNCc2cccc(C(F)F)c2)ccn1. The number of benzene rings is 1. The van der Waals surface area contributed by atoms with Gasteiger partial charge in [0.25, 0.3) is 6.43 Å². The maximum Gasteiger partial charge on any atom is 0.263 e. The van der Waals surface area contributed by atoms with Crippen LogP contribution < -0.4 is 10.1 Å². The predicted molar refractivity (Wildman–Crippen MR) is 72.7 cm³/mol. The smallest absolute Gasteiger partial charge is 0.263 e. The lowest BCUT2D eigenvalue weighted by atomic mass is 10.1. The first-order chi connectivity index (χ1) is 9.69. The van der Waals surface area contributed by atoms with Gasteiger partial charge in [-0.3, -0.25) is 0 Å². The van der Waals surface area contributed by atoms with Gasteiger partial charge >= 0.3 is 0 Å². The van der Waals surface area contributed by atoms with E-state index in [-0.39, 0.29) is 5.56 Å². The number of ether oxygens (including phenoxy) is 1. The van der Waals surface area contributed by atoms with E-state index in [4.69, 9.17) is 4.74 Å². The first kappa shape index (κ1) is 14.4. The molecule has 1 N–H and O–H groups in total. The minimum atomic E-state index is -2.43. The zero-order chi connectivity index (χ0) is 14.4. The molecule has 20 heavy (non-hydrogen) atoms. The number of hydrogen-bond donors (Lipinski definition) is 1. The Morgan fingerprint density at radius 2 is 1.90 bits per heavy atom. The molecule has 0 aliphatic carbocycles. The largest absolute Gasteiger partial charge is 0.481 e. The van der Waals surface area contributed by atoms with Crippen molar-refractivity contribution in [2.75, 3.05) is 7.11 Å². The van der Waals surface area contributed by atoms with Crippen molar-refractivity contribution < 1.29 is 13.5 Å². The van der Waals surface area contributed by atoms with Crippen molar-refractivity contribution >= 4 is 0 Å². The van der Waals surface area contributed by atoms with E-state index in [9.17, 15) is 8.78 Å². The normalized spacial score (nSPS) is 10.8. The Morgan fingerprint density at radius 1 is 1.15 bits per heavy atom. The van der Waals surface area contributed by atoms with Crippen LogP contribution in [0.15, 0.2) is 42.6 Å². The Kier molecular flexibility index (Phi) is 5.01. The van der Waals surface area contributed by atoms with Crippen LogP contribution in [0.3, 0.4) is 0 Å². The molecule has 0 saturated heterocycles. The molecule has 1 aromatic carbocycles. The predicted octanol–water partition coefficient (Wildman–Crippen LogP) is 3.32. The summed E-state index contributed by atoms with van der Waals surface area (Å²) in [7, 11) is 1.56. The van der Waals surface area contributed by atoms with Crippen LogP contribution in [0.2, 0.25) is 0 Å². The van der Waals surface area contributed by atoms with Crippen LogP contribution >= 0.6 is 0 Å². The van der Waals surface area contributed by atoms with Gasteiger partial charge in [0.15, 0.2) is 0 Å². The molecule has 0 amide bonds. The van der Waals surface area contributed by atoms with Crippen molar-refractivity contribution in [3.05, 3.63) is 59.3 Å². The fraction of sp³-hybridized carbons (Fsp3) is 0.267. The number of aromatic nitrogens is 1. The van der Waals surface area contributed by atoms with E-state index in [0.29, 0.717) is 19.0 Å². The maximum absolute atomic E-state index is 12.6. The van der Waals surface area contributed by atoms with Crippen LogP contribution in [0.1, 0.15) is 23.1 Å². The molecule has 0 bridgehead atoms. The number of methoxy groups -OCH3 is 1. The van der Waals surface area contributed by atoms with Gasteiger partial charge in [-0.15, -0.1) is 0 Å². The fourth-order valence-electron chi connectivity index (χ4n) is 1.86. The average Bonchev–Trinajstić information content (AvgIpc) is 2.48. The van der Waals surface area contributed by atoms with Crippen LogP contribution in [-0.2, 0) is 13.1 Å². The molecule has 106 valence electrons. The summed E-state index contributed by atoms with van der Waals surface area (Å²) >= 11 is 0. The topological polar surface area (TPSA) is 34.1 Å². The van der Waals surface area contributed by atoms with Gasteiger partial charge in [0.05, 0.1) is 7.11 Å². The van der Waals surface area contributed by atoms with Crippen LogP contribution in [0.25, 0.3) is 0 Å². The highest BCUT2D eigenvalue weighted by Gasteiger charge is 2.06. The molecule has 0 unspecified atom stereocenters. The van der Waals surface area contributed by atoms with Crippen LogP contribution in [-0.4, -0.2) is 12.1 Å². The van der Waals surface area contributed by atoms with E-state index in [2.05, 4.69) is 10.3 Å². The van der Waals surface area contributed by atoms with Crippen molar-refractivity contribution in [2.24, 2.45) is 0 Å². The van der Waals surface area contributed by atoms with Gasteiger partial charge in [-0.2, -0.15) is 0 Å². The first-order valence-corrected chi connectivity index (χ1v) is 6.25. The summed E-state index contributed by atoms with van der Waals surface area (Å²) in [6.07, 6.45) is -0.757. The average molecular weight is 278 g/mol. The monoisotopic (exact) mass is 278 g/mol. The van der Waals surface area contributed by atoms with Crippen molar-refractivity contribution in [1.29, 1.82) is 0 Å². The molecule has 0 aliphatic heterocycles. The molecule has 0 radical (unpaired) electrons. The highest BCUT2D eigenvalue weighted by atomic mass is 19.3. The Bertz CT molecular complexity index is 561. The molecule has 0 saturated carbocycles. The highest BCUT2D eigenvalue weighted by Crippen LogP contribution is 2.19. The Balaban J connectivity index is 1.90. The second-order valence-electron chi connectivity index (χ2n) is 4.36. The number of rotatable bonds is 6. The number of pyridine rings is 1. The quantitative estimate of drug-likeness (QED) is 0.880. The number of nitrogens with one attached hydrogen (secondary N) is 1. The van der Waals surface area contributed by atoms with Crippen LogP contribution in [0, 0.1) is 0 Å². The second kappa shape index (κ2) is 6.96. The molecule has 2 aromatic rings. The van der Waals surface area contributed by atoms with Gasteiger partial charge in [0.2, 0.25) is 5.88 Å². The summed E-state index contributed by atoms with van der Waals surface area (Å²) in [6, 6.07) is 10.1. The van der Waals surface area contributed by atoms with Gasteiger partial charge in [-0.1, -0.05) is 18.2 Å². The lowest BCUT2D eigenvalue weighted by Crippen LogP contribution is -2.13. The highest BCUT2D eigenvalue weighted by molar-refractivity contribution is 5.24. The number of halogens is 2. The second-order valence-corrected chi connectivity index (χ2v) is 4.36. The van der Waals surface area contributed by atoms with Crippen molar-refractivity contribution in [2.45, 2.75) is 19.5 Å². The summed E-state index contributed by atoms with van der Waals surface area (Å²) in [4.78, 5) is 4.02. The minimum Gasteiger partial charge on any atom is -0.481 e. The molecule has 0 spiro atoms. The van der Waals surface area contributed by atoms with Crippen molar-refractivity contribution in [3.8, 4) is 5.88 Å². The third-order valence-electron chi connectivity index (χ3n) is 2.87. The molecule has 1 heterocycles. The standard InChI is InChI=1S/C15H16F2N2O/c1-20-14-8-12(5-6-19-14)10-18-9-11-3-2-4-13(7-11)15(16)17/h2-8,15,18H,9-10H2,1H3. The third kappa shape index (κ3) is 3.99. The van der Waals surface area contributed by atoms with E-state index in [1.165, 1.54) is 12.1 Å². The Labute approximate surface area is 116 Å².